The zero-order chi connectivity index (χ0) is 19.7. The predicted octanol–water partition coefficient (Wildman–Crippen LogP) is 6.68. The number of hydrogen-bond acceptors (Lipinski definition) is 2. The maximum Gasteiger partial charge on any atom is 0.223 e. The Balaban J connectivity index is 2.21. The van der Waals surface area contributed by atoms with E-state index in [2.05, 4.69) is 25.0 Å². The van der Waals surface area contributed by atoms with E-state index in [-0.39, 0.29) is 5.43 Å². The maximum absolute atomic E-state index is 12.1. The molecule has 0 saturated carbocycles. The van der Waals surface area contributed by atoms with Gasteiger partial charge in [-0.25, -0.2) is 0 Å². The molecule has 1 aromatic rings. The van der Waals surface area contributed by atoms with Crippen LogP contribution in [0, 0.1) is 0 Å². The third kappa shape index (κ3) is 9.83. The lowest BCUT2D eigenvalue weighted by Crippen LogP contribution is -2.16. The van der Waals surface area contributed by atoms with Crippen LogP contribution in [-0.2, 0) is 13.0 Å². The van der Waals surface area contributed by atoms with Crippen molar-refractivity contribution in [2.45, 2.75) is 104 Å². The van der Waals surface area contributed by atoms with Crippen LogP contribution in [0.4, 0.5) is 0 Å². The van der Waals surface area contributed by atoms with Crippen molar-refractivity contribution in [3.63, 3.8) is 0 Å². The fourth-order valence-electron chi connectivity index (χ4n) is 3.59. The molecule has 0 aliphatic carbocycles. The highest BCUT2D eigenvalue weighted by Crippen LogP contribution is 2.16. The van der Waals surface area contributed by atoms with Gasteiger partial charge >= 0.3 is 0 Å². The summed E-state index contributed by atoms with van der Waals surface area (Å²) in [6.45, 7) is 9.36. The molecular formula is C24H41NO2. The topological polar surface area (TPSA) is 31.2 Å². The second-order valence-corrected chi connectivity index (χ2v) is 7.49. The first kappa shape index (κ1) is 23.5. The molecule has 3 heteroatoms. The molecule has 1 rings (SSSR count). The van der Waals surface area contributed by atoms with Crippen molar-refractivity contribution >= 4 is 0 Å². The molecule has 0 atom stereocenters. The lowest BCUT2D eigenvalue weighted by Gasteiger charge is -2.16. The summed E-state index contributed by atoms with van der Waals surface area (Å²) < 4.78 is 7.80. The number of rotatable bonds is 17. The first-order valence-electron chi connectivity index (χ1n) is 11.2. The minimum absolute atomic E-state index is 0.0281. The van der Waals surface area contributed by atoms with E-state index >= 15 is 0 Å². The number of unbranched alkanes of at least 4 members (excludes halogenated alkanes) is 11. The summed E-state index contributed by atoms with van der Waals surface area (Å²) in [6, 6.07) is 1.62. The van der Waals surface area contributed by atoms with Crippen molar-refractivity contribution in [1.82, 2.24) is 4.57 Å². The molecule has 1 heterocycles. The molecule has 3 nitrogen and oxygen atoms in total. The zero-order valence-electron chi connectivity index (χ0n) is 17.8. The van der Waals surface area contributed by atoms with Gasteiger partial charge in [-0.05, 0) is 12.8 Å². The second kappa shape index (κ2) is 15.5. The van der Waals surface area contributed by atoms with Crippen LogP contribution in [0.1, 0.15) is 96.6 Å². The van der Waals surface area contributed by atoms with Crippen LogP contribution in [0.2, 0.25) is 0 Å². The van der Waals surface area contributed by atoms with Gasteiger partial charge in [0.1, 0.15) is 6.61 Å². The third-order valence-electron chi connectivity index (χ3n) is 5.17. The minimum atomic E-state index is -0.0281. The van der Waals surface area contributed by atoms with Crippen molar-refractivity contribution in [2.75, 3.05) is 6.61 Å². The van der Waals surface area contributed by atoms with Crippen molar-refractivity contribution < 1.29 is 4.74 Å². The highest BCUT2D eigenvalue weighted by molar-refractivity contribution is 5.28. The fourth-order valence-corrected chi connectivity index (χ4v) is 3.59. The summed E-state index contributed by atoms with van der Waals surface area (Å²) in [6.07, 6.45) is 20.7. The van der Waals surface area contributed by atoms with Crippen LogP contribution in [0.5, 0.6) is 5.75 Å². The SMILES string of the molecule is C=CCOc1c(CC)n(CCCCCCCCCCCCCC)ccc1=O. The molecule has 1 aromatic heterocycles. The number of nitrogens with zero attached hydrogens (tertiary/aromatic N) is 1. The fraction of sp³-hybridized carbons (Fsp3) is 0.708. The monoisotopic (exact) mass is 375 g/mol. The zero-order valence-corrected chi connectivity index (χ0v) is 17.8. The number of aryl methyl sites for hydroxylation is 1. The predicted molar refractivity (Wildman–Crippen MR) is 117 cm³/mol. The van der Waals surface area contributed by atoms with Gasteiger partial charge in [0.15, 0.2) is 5.75 Å². The van der Waals surface area contributed by atoms with Crippen LogP contribution < -0.4 is 10.2 Å². The number of aromatic nitrogens is 1. The number of pyridine rings is 1. The molecular weight excluding hydrogens is 334 g/mol. The van der Waals surface area contributed by atoms with Gasteiger partial charge in [0, 0.05) is 18.8 Å². The summed E-state index contributed by atoms with van der Waals surface area (Å²) in [7, 11) is 0. The summed E-state index contributed by atoms with van der Waals surface area (Å²) in [4.78, 5) is 12.1. The first-order chi connectivity index (χ1) is 13.2. The van der Waals surface area contributed by atoms with E-state index in [1.54, 1.807) is 12.1 Å². The number of ether oxygens (including phenoxy) is 1. The van der Waals surface area contributed by atoms with Crippen molar-refractivity contribution in [2.24, 2.45) is 0 Å². The van der Waals surface area contributed by atoms with Crippen molar-refractivity contribution in [1.29, 1.82) is 0 Å². The van der Waals surface area contributed by atoms with E-state index in [1.807, 2.05) is 6.20 Å². The van der Waals surface area contributed by atoms with Gasteiger partial charge in [0.05, 0.1) is 5.69 Å². The average Bonchev–Trinajstić information content (AvgIpc) is 2.68. The molecule has 0 N–H and O–H groups in total. The molecule has 0 aliphatic rings. The lowest BCUT2D eigenvalue weighted by molar-refractivity contribution is 0.349. The second-order valence-electron chi connectivity index (χ2n) is 7.49. The number of hydrogen-bond donors (Lipinski definition) is 0. The Bertz CT molecular complexity index is 562. The van der Waals surface area contributed by atoms with Gasteiger partial charge < -0.3 is 9.30 Å². The third-order valence-corrected chi connectivity index (χ3v) is 5.17. The highest BCUT2D eigenvalue weighted by Gasteiger charge is 2.10. The molecule has 0 aliphatic heterocycles. The van der Waals surface area contributed by atoms with Gasteiger partial charge in [0.2, 0.25) is 5.43 Å². The molecule has 0 unspecified atom stereocenters. The summed E-state index contributed by atoms with van der Waals surface area (Å²) in [5.41, 5.74) is 0.979. The Morgan fingerprint density at radius 2 is 1.48 bits per heavy atom. The smallest absolute Gasteiger partial charge is 0.223 e. The van der Waals surface area contributed by atoms with E-state index in [0.29, 0.717) is 12.4 Å². The summed E-state index contributed by atoms with van der Waals surface area (Å²) in [5.74, 6) is 0.499. The van der Waals surface area contributed by atoms with Gasteiger partial charge in [-0.2, -0.15) is 0 Å². The van der Waals surface area contributed by atoms with E-state index in [9.17, 15) is 4.79 Å². The summed E-state index contributed by atoms with van der Waals surface area (Å²) >= 11 is 0. The molecule has 0 fully saturated rings. The van der Waals surface area contributed by atoms with Crippen LogP contribution in [0.3, 0.4) is 0 Å². The molecule has 0 spiro atoms. The van der Waals surface area contributed by atoms with Gasteiger partial charge in [0.25, 0.3) is 0 Å². The Labute approximate surface area is 166 Å². The van der Waals surface area contributed by atoms with Crippen LogP contribution in [0.15, 0.2) is 29.7 Å². The largest absolute Gasteiger partial charge is 0.484 e. The van der Waals surface area contributed by atoms with Gasteiger partial charge in [-0.3, -0.25) is 4.79 Å². The Hall–Kier alpha value is -1.51. The molecule has 27 heavy (non-hydrogen) atoms. The normalized spacial score (nSPS) is 10.9. The maximum atomic E-state index is 12.1. The quantitative estimate of drug-likeness (QED) is 0.225. The molecule has 0 saturated heterocycles. The standard InChI is InChI=1S/C24H41NO2/c1-4-7-8-9-10-11-12-13-14-15-16-17-19-25-20-18-23(26)24(22(25)6-3)27-21-5-2/h5,18,20H,2,4,6-17,19,21H2,1,3H3. The molecule has 0 radical (unpaired) electrons. The van der Waals surface area contributed by atoms with Crippen molar-refractivity contribution in [3.8, 4) is 5.75 Å². The highest BCUT2D eigenvalue weighted by atomic mass is 16.5. The molecule has 154 valence electrons. The van der Waals surface area contributed by atoms with Crippen molar-refractivity contribution in [3.05, 3.63) is 40.8 Å². The molecule has 0 aromatic carbocycles. The Kier molecular flexibility index (Phi) is 13.5. The lowest BCUT2D eigenvalue weighted by atomic mass is 10.1. The first-order valence-corrected chi connectivity index (χ1v) is 11.2. The minimum Gasteiger partial charge on any atom is -0.484 e. The van der Waals surface area contributed by atoms with Crippen LogP contribution >= 0.6 is 0 Å². The molecule has 0 bridgehead atoms. The van der Waals surface area contributed by atoms with Crippen LogP contribution in [0.25, 0.3) is 0 Å². The van der Waals surface area contributed by atoms with Crippen LogP contribution in [-0.4, -0.2) is 11.2 Å². The van der Waals surface area contributed by atoms with E-state index in [1.165, 1.54) is 70.6 Å². The Morgan fingerprint density at radius 1 is 0.926 bits per heavy atom. The summed E-state index contributed by atoms with van der Waals surface area (Å²) in [5, 5.41) is 0. The molecule has 0 amide bonds. The van der Waals surface area contributed by atoms with Gasteiger partial charge in [-0.15, -0.1) is 0 Å². The Morgan fingerprint density at radius 3 is 2.00 bits per heavy atom. The van der Waals surface area contributed by atoms with E-state index in [0.717, 1.165) is 25.1 Å². The van der Waals surface area contributed by atoms with E-state index < -0.39 is 0 Å². The average molecular weight is 376 g/mol. The van der Waals surface area contributed by atoms with Gasteiger partial charge in [-0.1, -0.05) is 97.1 Å². The van der Waals surface area contributed by atoms with E-state index in [4.69, 9.17) is 4.74 Å².